The Hall–Kier alpha value is -0.820. The minimum absolute atomic E-state index is 0.574. The van der Waals surface area contributed by atoms with Crippen molar-refractivity contribution in [2.45, 2.75) is 32.7 Å². The van der Waals surface area contributed by atoms with Crippen molar-refractivity contribution in [2.24, 2.45) is 5.92 Å². The summed E-state index contributed by atoms with van der Waals surface area (Å²) in [6, 6.07) is 9.42. The summed E-state index contributed by atoms with van der Waals surface area (Å²) < 4.78 is 0. The average molecular weight is 189 g/mol. The van der Waals surface area contributed by atoms with E-state index in [2.05, 4.69) is 43.4 Å². The molecule has 1 heteroatoms. The third-order valence-corrected chi connectivity index (χ3v) is 3.25. The second kappa shape index (κ2) is 4.14. The van der Waals surface area contributed by atoms with Gasteiger partial charge in [0.15, 0.2) is 0 Å². The first-order chi connectivity index (χ1) is 6.83. The van der Waals surface area contributed by atoms with E-state index >= 15 is 0 Å². The predicted molar refractivity (Wildman–Crippen MR) is 60.3 cm³/mol. The first-order valence-corrected chi connectivity index (χ1v) is 5.64. The van der Waals surface area contributed by atoms with E-state index in [1.807, 2.05) is 0 Å². The van der Waals surface area contributed by atoms with Crippen LogP contribution in [-0.4, -0.2) is 6.54 Å². The van der Waals surface area contributed by atoms with E-state index in [1.165, 1.54) is 24.0 Å². The van der Waals surface area contributed by atoms with Crippen LogP contribution < -0.4 is 5.32 Å². The molecule has 0 heterocycles. The molecule has 0 fully saturated rings. The Kier molecular flexibility index (Phi) is 2.87. The van der Waals surface area contributed by atoms with Gasteiger partial charge in [0.05, 0.1) is 0 Å². The van der Waals surface area contributed by atoms with Crippen LogP contribution in [0.15, 0.2) is 24.3 Å². The zero-order chi connectivity index (χ0) is 9.97. The Bertz CT molecular complexity index is 306. The van der Waals surface area contributed by atoms with Gasteiger partial charge in [-0.2, -0.15) is 0 Å². The van der Waals surface area contributed by atoms with Crippen LogP contribution >= 0.6 is 0 Å². The lowest BCUT2D eigenvalue weighted by atomic mass is 9.81. The fraction of sp³-hybridized carbons (Fsp3) is 0.538. The van der Waals surface area contributed by atoms with Gasteiger partial charge < -0.3 is 5.32 Å². The maximum Gasteiger partial charge on any atom is 0.0348 e. The first-order valence-electron chi connectivity index (χ1n) is 5.64. The summed E-state index contributed by atoms with van der Waals surface area (Å²) in [5, 5.41) is 3.59. The monoisotopic (exact) mass is 189 g/mol. The summed E-state index contributed by atoms with van der Waals surface area (Å²) in [7, 11) is 0. The SMILES string of the molecule is CCNC1c2ccccc2CCC1C. The van der Waals surface area contributed by atoms with Gasteiger partial charge in [0.2, 0.25) is 0 Å². The fourth-order valence-corrected chi connectivity index (χ4v) is 2.45. The molecule has 0 spiro atoms. The van der Waals surface area contributed by atoms with Crippen molar-refractivity contribution in [1.29, 1.82) is 0 Å². The number of hydrogen-bond donors (Lipinski definition) is 1. The molecule has 0 saturated heterocycles. The number of hydrogen-bond acceptors (Lipinski definition) is 1. The number of rotatable bonds is 2. The molecule has 1 aromatic rings. The van der Waals surface area contributed by atoms with Crippen LogP contribution in [0.2, 0.25) is 0 Å². The average Bonchev–Trinajstić information content (AvgIpc) is 2.23. The molecular formula is C13H19N. The maximum atomic E-state index is 3.59. The molecule has 0 aromatic heterocycles. The highest BCUT2D eigenvalue weighted by atomic mass is 14.9. The van der Waals surface area contributed by atoms with Gasteiger partial charge in [0.25, 0.3) is 0 Å². The molecule has 2 atom stereocenters. The molecule has 2 unspecified atom stereocenters. The van der Waals surface area contributed by atoms with Crippen LogP contribution in [0.4, 0.5) is 0 Å². The van der Waals surface area contributed by atoms with Crippen molar-refractivity contribution in [3.05, 3.63) is 35.4 Å². The number of aryl methyl sites for hydroxylation is 1. The summed E-state index contributed by atoms with van der Waals surface area (Å²) >= 11 is 0. The molecule has 1 aliphatic carbocycles. The molecule has 1 N–H and O–H groups in total. The molecule has 2 rings (SSSR count). The van der Waals surface area contributed by atoms with Crippen LogP contribution in [0.25, 0.3) is 0 Å². The van der Waals surface area contributed by atoms with Crippen LogP contribution in [-0.2, 0) is 6.42 Å². The first kappa shape index (κ1) is 9.72. The zero-order valence-corrected chi connectivity index (χ0v) is 9.09. The van der Waals surface area contributed by atoms with Crippen LogP contribution in [0, 0.1) is 5.92 Å². The van der Waals surface area contributed by atoms with E-state index < -0.39 is 0 Å². The van der Waals surface area contributed by atoms with E-state index in [-0.39, 0.29) is 0 Å². The molecule has 0 bridgehead atoms. The third-order valence-electron chi connectivity index (χ3n) is 3.25. The van der Waals surface area contributed by atoms with Gasteiger partial charge in [-0.25, -0.2) is 0 Å². The van der Waals surface area contributed by atoms with Gasteiger partial charge in [-0.05, 0) is 36.4 Å². The molecule has 1 aromatic carbocycles. The molecule has 0 saturated carbocycles. The molecule has 1 aliphatic rings. The molecule has 14 heavy (non-hydrogen) atoms. The Morgan fingerprint density at radius 2 is 2.14 bits per heavy atom. The Morgan fingerprint density at radius 3 is 2.93 bits per heavy atom. The third kappa shape index (κ3) is 1.69. The lowest BCUT2D eigenvalue weighted by molar-refractivity contribution is 0.350. The van der Waals surface area contributed by atoms with Crippen molar-refractivity contribution >= 4 is 0 Å². The van der Waals surface area contributed by atoms with E-state index in [0.29, 0.717) is 6.04 Å². The Morgan fingerprint density at radius 1 is 1.36 bits per heavy atom. The smallest absolute Gasteiger partial charge is 0.0348 e. The maximum absolute atomic E-state index is 3.59. The van der Waals surface area contributed by atoms with Crippen LogP contribution in [0.3, 0.4) is 0 Å². The van der Waals surface area contributed by atoms with Crippen molar-refractivity contribution in [3.8, 4) is 0 Å². The standard InChI is InChI=1S/C13H19N/c1-3-14-13-10(2)8-9-11-6-4-5-7-12(11)13/h4-7,10,13-14H,3,8-9H2,1-2H3. The topological polar surface area (TPSA) is 12.0 Å². The second-order valence-corrected chi connectivity index (χ2v) is 4.25. The van der Waals surface area contributed by atoms with Crippen molar-refractivity contribution in [2.75, 3.05) is 6.54 Å². The van der Waals surface area contributed by atoms with Crippen LogP contribution in [0.1, 0.15) is 37.4 Å². The molecule has 0 aliphatic heterocycles. The molecule has 76 valence electrons. The fourth-order valence-electron chi connectivity index (χ4n) is 2.45. The summed E-state index contributed by atoms with van der Waals surface area (Å²) in [5.74, 6) is 0.768. The molecular weight excluding hydrogens is 170 g/mol. The van der Waals surface area contributed by atoms with Gasteiger partial charge in [-0.15, -0.1) is 0 Å². The lowest BCUT2D eigenvalue weighted by Gasteiger charge is -2.31. The summed E-state index contributed by atoms with van der Waals surface area (Å²) in [6.07, 6.45) is 2.56. The number of nitrogens with one attached hydrogen (secondary N) is 1. The van der Waals surface area contributed by atoms with E-state index in [0.717, 1.165) is 12.5 Å². The van der Waals surface area contributed by atoms with Gasteiger partial charge in [-0.3, -0.25) is 0 Å². The number of fused-ring (bicyclic) bond motifs is 1. The minimum Gasteiger partial charge on any atom is -0.310 e. The molecule has 0 amide bonds. The molecule has 1 nitrogen and oxygen atoms in total. The lowest BCUT2D eigenvalue weighted by Crippen LogP contribution is -2.30. The molecule has 0 radical (unpaired) electrons. The normalized spacial score (nSPS) is 25.9. The highest BCUT2D eigenvalue weighted by molar-refractivity contribution is 5.32. The summed E-state index contributed by atoms with van der Waals surface area (Å²) in [4.78, 5) is 0. The van der Waals surface area contributed by atoms with Gasteiger partial charge in [0, 0.05) is 6.04 Å². The highest BCUT2D eigenvalue weighted by Gasteiger charge is 2.24. The Labute approximate surface area is 86.5 Å². The van der Waals surface area contributed by atoms with E-state index in [4.69, 9.17) is 0 Å². The van der Waals surface area contributed by atoms with Crippen molar-refractivity contribution < 1.29 is 0 Å². The Balaban J connectivity index is 2.31. The number of benzene rings is 1. The van der Waals surface area contributed by atoms with Crippen molar-refractivity contribution in [3.63, 3.8) is 0 Å². The van der Waals surface area contributed by atoms with Gasteiger partial charge >= 0.3 is 0 Å². The van der Waals surface area contributed by atoms with Gasteiger partial charge in [0.1, 0.15) is 0 Å². The second-order valence-electron chi connectivity index (χ2n) is 4.25. The highest BCUT2D eigenvalue weighted by Crippen LogP contribution is 2.33. The van der Waals surface area contributed by atoms with Crippen LogP contribution in [0.5, 0.6) is 0 Å². The predicted octanol–water partition coefficient (Wildman–Crippen LogP) is 2.92. The summed E-state index contributed by atoms with van der Waals surface area (Å²) in [5.41, 5.74) is 3.06. The van der Waals surface area contributed by atoms with Gasteiger partial charge in [-0.1, -0.05) is 38.1 Å². The van der Waals surface area contributed by atoms with E-state index in [1.54, 1.807) is 0 Å². The van der Waals surface area contributed by atoms with E-state index in [9.17, 15) is 0 Å². The quantitative estimate of drug-likeness (QED) is 0.754. The van der Waals surface area contributed by atoms with Crippen molar-refractivity contribution in [1.82, 2.24) is 5.32 Å². The zero-order valence-electron chi connectivity index (χ0n) is 9.09. The largest absolute Gasteiger partial charge is 0.310 e. The summed E-state index contributed by atoms with van der Waals surface area (Å²) in [6.45, 7) is 5.59. The minimum atomic E-state index is 0.574.